The first-order valence-corrected chi connectivity index (χ1v) is 9.39. The minimum Gasteiger partial charge on any atom is -0.496 e. The van der Waals surface area contributed by atoms with E-state index >= 15 is 0 Å². The van der Waals surface area contributed by atoms with Gasteiger partial charge in [0, 0.05) is 24.6 Å². The van der Waals surface area contributed by atoms with Gasteiger partial charge in [0.25, 0.3) is 5.91 Å². The number of hydrogen-bond acceptors (Lipinski definition) is 4. The summed E-state index contributed by atoms with van der Waals surface area (Å²) in [5, 5.41) is 12.3. The third-order valence-corrected chi connectivity index (χ3v) is 5.07. The summed E-state index contributed by atoms with van der Waals surface area (Å²) in [6.07, 6.45) is 1.23. The standard InChI is InChI=1S/C22H25NO5/c1-27-20-8-3-2-5-16(20)12-19(22(25)26)13-23-21(24)17-7-4-6-15(11-17)18-9-10-28-14-18/h2-8,11,18-19H,9-10,12-14H2,1H3,(H,23,24)(H,25,26). The summed E-state index contributed by atoms with van der Waals surface area (Å²) in [6.45, 7) is 1.46. The lowest BCUT2D eigenvalue weighted by Crippen LogP contribution is -2.34. The number of carbonyl (C=O) groups excluding carboxylic acids is 1. The molecule has 1 saturated heterocycles. The molecule has 0 aliphatic carbocycles. The second-order valence-electron chi connectivity index (χ2n) is 6.95. The monoisotopic (exact) mass is 383 g/mol. The number of benzene rings is 2. The smallest absolute Gasteiger partial charge is 0.308 e. The van der Waals surface area contributed by atoms with Gasteiger partial charge in [0.1, 0.15) is 5.75 Å². The number of para-hydroxylation sites is 1. The van der Waals surface area contributed by atoms with Gasteiger partial charge >= 0.3 is 5.97 Å². The van der Waals surface area contributed by atoms with E-state index in [4.69, 9.17) is 9.47 Å². The van der Waals surface area contributed by atoms with Crippen LogP contribution in [0.4, 0.5) is 0 Å². The number of carboxylic acid groups (broad SMARTS) is 1. The summed E-state index contributed by atoms with van der Waals surface area (Å²) in [7, 11) is 1.55. The molecule has 1 fully saturated rings. The van der Waals surface area contributed by atoms with Crippen LogP contribution in [0.1, 0.15) is 33.8 Å². The van der Waals surface area contributed by atoms with Crippen molar-refractivity contribution in [1.82, 2.24) is 5.32 Å². The Morgan fingerprint density at radius 2 is 2.07 bits per heavy atom. The lowest BCUT2D eigenvalue weighted by molar-refractivity contribution is -0.141. The number of rotatable bonds is 8. The van der Waals surface area contributed by atoms with Crippen molar-refractivity contribution < 1.29 is 24.2 Å². The van der Waals surface area contributed by atoms with E-state index in [2.05, 4.69) is 5.32 Å². The van der Waals surface area contributed by atoms with Crippen LogP contribution in [0.25, 0.3) is 0 Å². The van der Waals surface area contributed by atoms with Crippen LogP contribution in [0.5, 0.6) is 5.75 Å². The van der Waals surface area contributed by atoms with Crippen LogP contribution >= 0.6 is 0 Å². The molecular formula is C22H25NO5. The summed E-state index contributed by atoms with van der Waals surface area (Å²) in [6, 6.07) is 14.8. The van der Waals surface area contributed by atoms with Gasteiger partial charge in [0.05, 0.1) is 19.6 Å². The zero-order valence-corrected chi connectivity index (χ0v) is 15.9. The minimum atomic E-state index is -0.955. The second-order valence-corrected chi connectivity index (χ2v) is 6.95. The molecule has 1 amide bonds. The van der Waals surface area contributed by atoms with Crippen molar-refractivity contribution in [3.63, 3.8) is 0 Å². The van der Waals surface area contributed by atoms with Crippen LogP contribution in [0.3, 0.4) is 0 Å². The first-order valence-electron chi connectivity index (χ1n) is 9.39. The zero-order valence-electron chi connectivity index (χ0n) is 15.9. The molecule has 3 rings (SSSR count). The molecule has 2 N–H and O–H groups in total. The Morgan fingerprint density at radius 3 is 2.79 bits per heavy atom. The first kappa shape index (κ1) is 19.9. The van der Waals surface area contributed by atoms with Gasteiger partial charge in [-0.1, -0.05) is 30.3 Å². The van der Waals surface area contributed by atoms with Gasteiger partial charge in [0.2, 0.25) is 0 Å². The molecule has 1 aliphatic heterocycles. The van der Waals surface area contributed by atoms with E-state index in [-0.39, 0.29) is 18.9 Å². The molecule has 28 heavy (non-hydrogen) atoms. The number of methoxy groups -OCH3 is 1. The molecule has 0 aromatic heterocycles. The fourth-order valence-electron chi connectivity index (χ4n) is 3.43. The van der Waals surface area contributed by atoms with E-state index in [0.29, 0.717) is 23.8 Å². The fraction of sp³-hybridized carbons (Fsp3) is 0.364. The van der Waals surface area contributed by atoms with Crippen LogP contribution in [-0.2, 0) is 16.0 Å². The molecule has 2 unspecified atom stereocenters. The maximum Gasteiger partial charge on any atom is 0.308 e. The first-order chi connectivity index (χ1) is 13.6. The van der Waals surface area contributed by atoms with E-state index in [1.54, 1.807) is 19.2 Å². The largest absolute Gasteiger partial charge is 0.496 e. The van der Waals surface area contributed by atoms with Gasteiger partial charge in [-0.05, 0) is 42.2 Å². The maximum atomic E-state index is 12.6. The number of carboxylic acids is 1. The Morgan fingerprint density at radius 1 is 1.25 bits per heavy atom. The van der Waals surface area contributed by atoms with E-state index in [0.717, 1.165) is 24.2 Å². The molecule has 6 heteroatoms. The molecule has 1 aliphatic rings. The number of hydrogen-bond donors (Lipinski definition) is 2. The average molecular weight is 383 g/mol. The molecular weight excluding hydrogens is 358 g/mol. The summed E-state index contributed by atoms with van der Waals surface area (Å²) in [4.78, 5) is 24.2. The highest BCUT2D eigenvalue weighted by molar-refractivity contribution is 5.94. The molecule has 2 aromatic rings. The molecule has 0 radical (unpaired) electrons. The second kappa shape index (κ2) is 9.37. The Labute approximate surface area is 164 Å². The van der Waals surface area contributed by atoms with E-state index in [1.807, 2.05) is 36.4 Å². The lowest BCUT2D eigenvalue weighted by Gasteiger charge is -2.16. The molecule has 0 spiro atoms. The zero-order chi connectivity index (χ0) is 19.9. The number of aliphatic carboxylic acids is 1. The van der Waals surface area contributed by atoms with Gasteiger partial charge in [0.15, 0.2) is 0 Å². The Hall–Kier alpha value is -2.86. The topological polar surface area (TPSA) is 84.9 Å². The van der Waals surface area contributed by atoms with Crippen molar-refractivity contribution >= 4 is 11.9 Å². The van der Waals surface area contributed by atoms with Crippen molar-refractivity contribution in [2.45, 2.75) is 18.8 Å². The van der Waals surface area contributed by atoms with Gasteiger partial charge in [-0.3, -0.25) is 9.59 Å². The molecule has 2 aromatic carbocycles. The summed E-state index contributed by atoms with van der Waals surface area (Å²) >= 11 is 0. The summed E-state index contributed by atoms with van der Waals surface area (Å²) in [5.41, 5.74) is 2.41. The van der Waals surface area contributed by atoms with Crippen molar-refractivity contribution in [1.29, 1.82) is 0 Å². The normalized spacial score (nSPS) is 17.1. The van der Waals surface area contributed by atoms with Crippen molar-refractivity contribution in [2.24, 2.45) is 5.92 Å². The van der Waals surface area contributed by atoms with Crippen molar-refractivity contribution in [3.8, 4) is 5.75 Å². The number of amides is 1. The van der Waals surface area contributed by atoms with E-state index in [9.17, 15) is 14.7 Å². The SMILES string of the molecule is COc1ccccc1CC(CNC(=O)c1cccc(C2CCOC2)c1)C(=O)O. The van der Waals surface area contributed by atoms with E-state index < -0.39 is 11.9 Å². The lowest BCUT2D eigenvalue weighted by atomic mass is 9.96. The highest BCUT2D eigenvalue weighted by Crippen LogP contribution is 2.26. The van der Waals surface area contributed by atoms with Crippen LogP contribution in [0.15, 0.2) is 48.5 Å². The van der Waals surface area contributed by atoms with E-state index in [1.165, 1.54) is 0 Å². The molecule has 6 nitrogen and oxygen atoms in total. The highest BCUT2D eigenvalue weighted by atomic mass is 16.5. The molecule has 1 heterocycles. The van der Waals surface area contributed by atoms with Crippen LogP contribution in [0.2, 0.25) is 0 Å². The quantitative estimate of drug-likeness (QED) is 0.732. The Balaban J connectivity index is 1.64. The minimum absolute atomic E-state index is 0.0446. The predicted octanol–water partition coefficient (Wildman–Crippen LogP) is 2.87. The van der Waals surface area contributed by atoms with Gasteiger partial charge in [-0.25, -0.2) is 0 Å². The molecule has 2 atom stereocenters. The van der Waals surface area contributed by atoms with Crippen molar-refractivity contribution in [2.75, 3.05) is 26.9 Å². The fourth-order valence-corrected chi connectivity index (χ4v) is 3.43. The highest BCUT2D eigenvalue weighted by Gasteiger charge is 2.22. The molecule has 0 saturated carbocycles. The predicted molar refractivity (Wildman–Crippen MR) is 105 cm³/mol. The van der Waals surface area contributed by atoms with Crippen LogP contribution in [-0.4, -0.2) is 43.9 Å². The maximum absolute atomic E-state index is 12.6. The Bertz CT molecular complexity index is 829. The van der Waals surface area contributed by atoms with Gasteiger partial charge in [-0.2, -0.15) is 0 Å². The third-order valence-electron chi connectivity index (χ3n) is 5.07. The average Bonchev–Trinajstić information content (AvgIpc) is 3.26. The van der Waals surface area contributed by atoms with Gasteiger partial charge < -0.3 is 19.9 Å². The number of carbonyl (C=O) groups is 2. The summed E-state index contributed by atoms with van der Waals surface area (Å²) < 4.78 is 10.7. The molecule has 148 valence electrons. The molecule has 0 bridgehead atoms. The van der Waals surface area contributed by atoms with Crippen LogP contribution < -0.4 is 10.1 Å². The number of nitrogens with one attached hydrogen (secondary N) is 1. The van der Waals surface area contributed by atoms with Crippen molar-refractivity contribution in [3.05, 3.63) is 65.2 Å². The third kappa shape index (κ3) is 4.89. The summed E-state index contributed by atoms with van der Waals surface area (Å²) in [5.74, 6) is -1.02. The van der Waals surface area contributed by atoms with Gasteiger partial charge in [-0.15, -0.1) is 0 Å². The number of ether oxygens (including phenoxy) is 2. The van der Waals surface area contributed by atoms with Crippen LogP contribution in [0, 0.1) is 5.92 Å². The Kier molecular flexibility index (Phi) is 6.66.